The molecule has 1 fully saturated rings. The first-order valence-electron chi connectivity index (χ1n) is 10.4. The minimum atomic E-state index is -1.66. The van der Waals surface area contributed by atoms with Gasteiger partial charge in [0.1, 0.15) is 5.82 Å². The van der Waals surface area contributed by atoms with Gasteiger partial charge in [-0.15, -0.1) is 5.10 Å². The van der Waals surface area contributed by atoms with Crippen molar-refractivity contribution in [1.82, 2.24) is 30.1 Å². The van der Waals surface area contributed by atoms with Gasteiger partial charge in [-0.1, -0.05) is 11.3 Å². The highest BCUT2D eigenvalue weighted by Gasteiger charge is 2.26. The molecule has 35 heavy (non-hydrogen) atoms. The van der Waals surface area contributed by atoms with E-state index in [9.17, 15) is 31.9 Å². The van der Waals surface area contributed by atoms with Gasteiger partial charge in [-0.05, 0) is 30.3 Å². The van der Waals surface area contributed by atoms with Crippen molar-refractivity contribution < 1.29 is 31.9 Å². The molecule has 1 saturated heterocycles. The van der Waals surface area contributed by atoms with Gasteiger partial charge in [-0.25, -0.2) is 22.2 Å². The highest BCUT2D eigenvalue weighted by molar-refractivity contribution is 5.95. The maximum atomic E-state index is 13.4. The average Bonchev–Trinajstić information content (AvgIpc) is 3.35. The number of aromatic nitrogens is 3. The molecular formula is C22H18F4N6O3. The molecule has 0 radical (unpaired) electrons. The summed E-state index contributed by atoms with van der Waals surface area (Å²) in [5.74, 6) is -6.83. The molecule has 0 unspecified atom stereocenters. The molecule has 1 aliphatic rings. The van der Waals surface area contributed by atoms with Crippen LogP contribution in [0.15, 0.2) is 42.6 Å². The Kier molecular flexibility index (Phi) is 6.75. The number of benzene rings is 2. The highest BCUT2D eigenvalue weighted by atomic mass is 19.2. The van der Waals surface area contributed by atoms with Crippen LogP contribution in [0.5, 0.6) is 0 Å². The molecule has 0 bridgehead atoms. The Morgan fingerprint density at radius 3 is 2.23 bits per heavy atom. The largest absolute Gasteiger partial charge is 0.342 e. The van der Waals surface area contributed by atoms with Crippen LogP contribution in [0, 0.1) is 23.3 Å². The molecule has 2 aromatic carbocycles. The lowest BCUT2D eigenvalue weighted by atomic mass is 10.1. The molecule has 2 heterocycles. The number of carbonyl (C=O) groups is 3. The Morgan fingerprint density at radius 1 is 0.914 bits per heavy atom. The number of carbonyl (C=O) groups excluding carboxylic acids is 3. The number of nitrogens with one attached hydrogen (secondary N) is 1. The van der Waals surface area contributed by atoms with Crippen LogP contribution in [-0.4, -0.2) is 75.2 Å². The van der Waals surface area contributed by atoms with E-state index >= 15 is 0 Å². The lowest BCUT2D eigenvalue weighted by molar-refractivity contribution is -0.131. The van der Waals surface area contributed by atoms with E-state index < -0.39 is 41.0 Å². The molecule has 182 valence electrons. The second-order valence-corrected chi connectivity index (χ2v) is 7.64. The van der Waals surface area contributed by atoms with E-state index in [-0.39, 0.29) is 44.0 Å². The van der Waals surface area contributed by atoms with Gasteiger partial charge in [-0.3, -0.25) is 14.4 Å². The zero-order valence-electron chi connectivity index (χ0n) is 18.0. The smallest absolute Gasteiger partial charge is 0.273 e. The second-order valence-electron chi connectivity index (χ2n) is 7.64. The Hall–Kier alpha value is -4.29. The zero-order chi connectivity index (χ0) is 25.1. The zero-order valence-corrected chi connectivity index (χ0v) is 18.0. The SMILES string of the molecule is O=C(NCC(=O)N1CCN(C(=O)c2cc(F)c(F)c(F)c2)CC1)c1cn(-c2cccc(F)c2)nn1. The third-order valence-electron chi connectivity index (χ3n) is 5.35. The van der Waals surface area contributed by atoms with Crippen LogP contribution in [0.3, 0.4) is 0 Å². The van der Waals surface area contributed by atoms with E-state index in [0.717, 1.165) is 0 Å². The molecule has 0 aliphatic carbocycles. The fraction of sp³-hybridized carbons (Fsp3) is 0.227. The molecule has 0 atom stereocenters. The van der Waals surface area contributed by atoms with Crippen molar-refractivity contribution in [2.45, 2.75) is 0 Å². The molecule has 1 aromatic heterocycles. The number of amides is 3. The monoisotopic (exact) mass is 490 g/mol. The summed E-state index contributed by atoms with van der Waals surface area (Å²) < 4.78 is 54.5. The molecule has 1 aliphatic heterocycles. The molecule has 3 amide bonds. The van der Waals surface area contributed by atoms with Crippen molar-refractivity contribution in [2.75, 3.05) is 32.7 Å². The number of rotatable bonds is 5. The van der Waals surface area contributed by atoms with Crippen LogP contribution in [0.2, 0.25) is 0 Å². The fourth-order valence-corrected chi connectivity index (χ4v) is 3.49. The van der Waals surface area contributed by atoms with Crippen molar-refractivity contribution in [3.8, 4) is 5.69 Å². The molecule has 1 N–H and O–H groups in total. The Labute approximate surface area is 195 Å². The maximum Gasteiger partial charge on any atom is 0.273 e. The van der Waals surface area contributed by atoms with Crippen LogP contribution in [0.4, 0.5) is 17.6 Å². The topological polar surface area (TPSA) is 100 Å². The molecular weight excluding hydrogens is 472 g/mol. The highest BCUT2D eigenvalue weighted by Crippen LogP contribution is 2.16. The maximum absolute atomic E-state index is 13.4. The molecule has 3 aromatic rings. The summed E-state index contributed by atoms with van der Waals surface area (Å²) in [7, 11) is 0. The third-order valence-corrected chi connectivity index (χ3v) is 5.35. The van der Waals surface area contributed by atoms with Crippen molar-refractivity contribution in [3.05, 3.63) is 77.1 Å². The van der Waals surface area contributed by atoms with E-state index in [2.05, 4.69) is 15.6 Å². The predicted octanol–water partition coefficient (Wildman–Crippen LogP) is 1.54. The van der Waals surface area contributed by atoms with Crippen LogP contribution in [0.25, 0.3) is 5.69 Å². The van der Waals surface area contributed by atoms with Gasteiger partial charge in [0, 0.05) is 31.7 Å². The van der Waals surface area contributed by atoms with Crippen molar-refractivity contribution in [2.24, 2.45) is 0 Å². The number of halogens is 4. The lowest BCUT2D eigenvalue weighted by Crippen LogP contribution is -2.52. The Morgan fingerprint density at radius 2 is 1.57 bits per heavy atom. The summed E-state index contributed by atoms with van der Waals surface area (Å²) in [5.41, 5.74) is -0.0397. The molecule has 13 heteroatoms. The minimum Gasteiger partial charge on any atom is -0.342 e. The van der Waals surface area contributed by atoms with Crippen LogP contribution >= 0.6 is 0 Å². The quantitative estimate of drug-likeness (QED) is 0.432. The molecule has 4 rings (SSSR count). The summed E-state index contributed by atoms with van der Waals surface area (Å²) >= 11 is 0. The van der Waals surface area contributed by atoms with Gasteiger partial charge in [0.15, 0.2) is 23.1 Å². The van der Waals surface area contributed by atoms with Gasteiger partial charge >= 0.3 is 0 Å². The first-order valence-corrected chi connectivity index (χ1v) is 10.4. The van der Waals surface area contributed by atoms with Gasteiger partial charge in [0.25, 0.3) is 11.8 Å². The minimum absolute atomic E-state index is 0.0729. The van der Waals surface area contributed by atoms with Crippen molar-refractivity contribution >= 4 is 17.7 Å². The summed E-state index contributed by atoms with van der Waals surface area (Å²) in [5, 5.41) is 9.92. The summed E-state index contributed by atoms with van der Waals surface area (Å²) in [4.78, 5) is 39.9. The number of hydrogen-bond acceptors (Lipinski definition) is 5. The van der Waals surface area contributed by atoms with E-state index in [1.807, 2.05) is 0 Å². The lowest BCUT2D eigenvalue weighted by Gasteiger charge is -2.34. The van der Waals surface area contributed by atoms with E-state index in [1.165, 1.54) is 38.9 Å². The first-order chi connectivity index (χ1) is 16.7. The third kappa shape index (κ3) is 5.28. The standard InChI is InChI=1S/C22H18F4N6O3/c23-14-2-1-3-15(10-14)32-12-18(28-29-32)21(34)27-11-19(33)30-4-6-31(7-5-30)22(35)13-8-16(24)20(26)17(25)9-13/h1-3,8-10,12H,4-7,11H2,(H,27,34). The van der Waals surface area contributed by atoms with Gasteiger partial charge in [0.2, 0.25) is 5.91 Å². The normalized spacial score (nSPS) is 13.6. The van der Waals surface area contributed by atoms with Crippen molar-refractivity contribution in [1.29, 1.82) is 0 Å². The Balaban J connectivity index is 1.28. The predicted molar refractivity (Wildman–Crippen MR) is 112 cm³/mol. The summed E-state index contributed by atoms with van der Waals surface area (Å²) in [6.07, 6.45) is 1.29. The summed E-state index contributed by atoms with van der Waals surface area (Å²) in [6, 6.07) is 6.78. The fourth-order valence-electron chi connectivity index (χ4n) is 3.49. The van der Waals surface area contributed by atoms with Gasteiger partial charge < -0.3 is 15.1 Å². The Bertz CT molecular complexity index is 1270. The average molecular weight is 490 g/mol. The number of nitrogens with zero attached hydrogens (tertiary/aromatic N) is 5. The number of piperazine rings is 1. The van der Waals surface area contributed by atoms with E-state index in [0.29, 0.717) is 17.8 Å². The van der Waals surface area contributed by atoms with Crippen LogP contribution < -0.4 is 5.32 Å². The molecule has 0 spiro atoms. The van der Waals surface area contributed by atoms with Crippen LogP contribution in [-0.2, 0) is 4.79 Å². The molecule has 0 saturated carbocycles. The van der Waals surface area contributed by atoms with Gasteiger partial charge in [-0.2, -0.15) is 0 Å². The van der Waals surface area contributed by atoms with E-state index in [1.54, 1.807) is 6.07 Å². The number of hydrogen-bond donors (Lipinski definition) is 1. The molecule has 9 nitrogen and oxygen atoms in total. The second kappa shape index (κ2) is 9.91. The van der Waals surface area contributed by atoms with E-state index in [4.69, 9.17) is 0 Å². The van der Waals surface area contributed by atoms with Gasteiger partial charge in [0.05, 0.1) is 18.4 Å². The summed E-state index contributed by atoms with van der Waals surface area (Å²) in [6.45, 7) is 0.0842. The first kappa shape index (κ1) is 23.9. The van der Waals surface area contributed by atoms with Crippen LogP contribution in [0.1, 0.15) is 20.8 Å². The van der Waals surface area contributed by atoms with Crippen molar-refractivity contribution in [3.63, 3.8) is 0 Å².